The van der Waals surface area contributed by atoms with Crippen LogP contribution in [0.1, 0.15) is 52.5 Å². The summed E-state index contributed by atoms with van der Waals surface area (Å²) in [6.07, 6.45) is 5.69. The molecule has 1 N–H and O–H groups in total. The maximum Gasteiger partial charge on any atom is 0.218 e. The third-order valence-electron chi connectivity index (χ3n) is 2.83. The zero-order valence-electron chi connectivity index (χ0n) is 12.1. The number of hydrogen-bond acceptors (Lipinski definition) is 3. The largest absolute Gasteiger partial charge is 0.475 e. The zero-order valence-corrected chi connectivity index (χ0v) is 12.1. The van der Waals surface area contributed by atoms with E-state index in [0.29, 0.717) is 6.04 Å². The summed E-state index contributed by atoms with van der Waals surface area (Å²) in [6, 6.07) is 4.57. The Balaban J connectivity index is 2.50. The van der Waals surface area contributed by atoms with Crippen LogP contribution in [0.5, 0.6) is 5.88 Å². The zero-order chi connectivity index (χ0) is 13.4. The molecule has 0 aliphatic heterocycles. The van der Waals surface area contributed by atoms with Gasteiger partial charge in [-0.05, 0) is 33.3 Å². The minimum atomic E-state index is 0.163. The molecule has 0 amide bonds. The highest BCUT2D eigenvalue weighted by Crippen LogP contribution is 2.16. The molecule has 18 heavy (non-hydrogen) atoms. The monoisotopic (exact) mass is 250 g/mol. The Morgan fingerprint density at radius 1 is 1.33 bits per heavy atom. The predicted molar refractivity (Wildman–Crippen MR) is 75.8 cm³/mol. The fourth-order valence-electron chi connectivity index (χ4n) is 1.78. The molecule has 102 valence electrons. The average Bonchev–Trinajstić information content (AvgIpc) is 2.34. The van der Waals surface area contributed by atoms with Gasteiger partial charge in [0.2, 0.25) is 5.88 Å². The van der Waals surface area contributed by atoms with Crippen molar-refractivity contribution in [2.24, 2.45) is 0 Å². The quantitative estimate of drug-likeness (QED) is 0.766. The van der Waals surface area contributed by atoms with Gasteiger partial charge in [-0.1, -0.05) is 25.8 Å². The molecular weight excluding hydrogens is 224 g/mol. The van der Waals surface area contributed by atoms with Gasteiger partial charge in [0, 0.05) is 24.3 Å². The van der Waals surface area contributed by atoms with Gasteiger partial charge in [0.1, 0.15) is 0 Å². The normalized spacial score (nSPS) is 12.7. The standard InChI is InChI=1S/C15H26N2O/c1-5-6-8-13(4)17-11-14-9-7-10-16-15(14)18-12(2)3/h7,9-10,12-13,17H,5-6,8,11H2,1-4H3. The number of nitrogens with zero attached hydrogens (tertiary/aromatic N) is 1. The number of ether oxygens (including phenoxy) is 1. The van der Waals surface area contributed by atoms with Gasteiger partial charge in [0.15, 0.2) is 0 Å². The molecule has 1 unspecified atom stereocenters. The predicted octanol–water partition coefficient (Wildman–Crippen LogP) is 3.54. The second kappa shape index (κ2) is 8.09. The Hall–Kier alpha value is -1.09. The molecule has 0 aliphatic rings. The third-order valence-corrected chi connectivity index (χ3v) is 2.83. The summed E-state index contributed by atoms with van der Waals surface area (Å²) in [5.74, 6) is 0.752. The first-order valence-electron chi connectivity index (χ1n) is 6.97. The first-order chi connectivity index (χ1) is 8.63. The van der Waals surface area contributed by atoms with Crippen LogP contribution in [0.25, 0.3) is 0 Å². The minimum Gasteiger partial charge on any atom is -0.475 e. The smallest absolute Gasteiger partial charge is 0.218 e. The molecule has 0 radical (unpaired) electrons. The summed E-state index contributed by atoms with van der Waals surface area (Å²) >= 11 is 0. The second-order valence-electron chi connectivity index (χ2n) is 5.06. The third kappa shape index (κ3) is 5.50. The van der Waals surface area contributed by atoms with Crippen LogP contribution in [0, 0.1) is 0 Å². The lowest BCUT2D eigenvalue weighted by Crippen LogP contribution is -2.25. The molecule has 0 spiro atoms. The topological polar surface area (TPSA) is 34.2 Å². The van der Waals surface area contributed by atoms with E-state index in [2.05, 4.69) is 30.2 Å². The van der Waals surface area contributed by atoms with Gasteiger partial charge in [-0.15, -0.1) is 0 Å². The molecular formula is C15H26N2O. The van der Waals surface area contributed by atoms with Crippen molar-refractivity contribution in [2.45, 2.75) is 65.6 Å². The van der Waals surface area contributed by atoms with Crippen LogP contribution in [0.15, 0.2) is 18.3 Å². The first-order valence-corrected chi connectivity index (χ1v) is 6.97. The number of unbranched alkanes of at least 4 members (excludes halogenated alkanes) is 1. The number of pyridine rings is 1. The van der Waals surface area contributed by atoms with Crippen LogP contribution in [0.2, 0.25) is 0 Å². The molecule has 1 rings (SSSR count). The number of nitrogens with one attached hydrogen (secondary N) is 1. The van der Waals surface area contributed by atoms with Crippen molar-refractivity contribution >= 4 is 0 Å². The van der Waals surface area contributed by atoms with Gasteiger partial charge in [0.05, 0.1) is 6.10 Å². The summed E-state index contributed by atoms with van der Waals surface area (Å²) in [6.45, 7) is 9.32. The molecule has 3 nitrogen and oxygen atoms in total. The van der Waals surface area contributed by atoms with Crippen LogP contribution >= 0.6 is 0 Å². The van der Waals surface area contributed by atoms with E-state index >= 15 is 0 Å². The Bertz CT molecular complexity index is 339. The molecule has 1 atom stereocenters. The van der Waals surface area contributed by atoms with Gasteiger partial charge in [-0.25, -0.2) is 4.98 Å². The molecule has 0 aliphatic carbocycles. The minimum absolute atomic E-state index is 0.163. The SMILES string of the molecule is CCCCC(C)NCc1cccnc1OC(C)C. The molecule has 1 aromatic heterocycles. The first kappa shape index (κ1) is 15.0. The van der Waals surface area contributed by atoms with Crippen molar-refractivity contribution < 1.29 is 4.74 Å². The van der Waals surface area contributed by atoms with Gasteiger partial charge in [-0.2, -0.15) is 0 Å². The molecule has 0 fully saturated rings. The van der Waals surface area contributed by atoms with Gasteiger partial charge < -0.3 is 10.1 Å². The van der Waals surface area contributed by atoms with Crippen LogP contribution in [-0.2, 0) is 6.54 Å². The summed E-state index contributed by atoms with van der Waals surface area (Å²) < 4.78 is 5.71. The summed E-state index contributed by atoms with van der Waals surface area (Å²) in [7, 11) is 0. The van der Waals surface area contributed by atoms with Gasteiger partial charge in [0.25, 0.3) is 0 Å². The van der Waals surface area contributed by atoms with E-state index in [0.717, 1.165) is 18.0 Å². The van der Waals surface area contributed by atoms with Crippen molar-refractivity contribution in [1.29, 1.82) is 0 Å². The highest BCUT2D eigenvalue weighted by molar-refractivity contribution is 5.25. The van der Waals surface area contributed by atoms with Crippen molar-refractivity contribution in [3.8, 4) is 5.88 Å². The van der Waals surface area contributed by atoms with Gasteiger partial charge >= 0.3 is 0 Å². The van der Waals surface area contributed by atoms with E-state index in [9.17, 15) is 0 Å². The van der Waals surface area contributed by atoms with Crippen molar-refractivity contribution in [1.82, 2.24) is 10.3 Å². The lowest BCUT2D eigenvalue weighted by Gasteiger charge is -2.16. The fourth-order valence-corrected chi connectivity index (χ4v) is 1.78. The van der Waals surface area contributed by atoms with Crippen molar-refractivity contribution in [2.75, 3.05) is 0 Å². The molecule has 1 heterocycles. The highest BCUT2D eigenvalue weighted by Gasteiger charge is 2.08. The summed E-state index contributed by atoms with van der Waals surface area (Å²) in [4.78, 5) is 4.30. The molecule has 1 aromatic rings. The van der Waals surface area contributed by atoms with Crippen LogP contribution in [0.3, 0.4) is 0 Å². The highest BCUT2D eigenvalue weighted by atomic mass is 16.5. The maximum atomic E-state index is 5.71. The fraction of sp³-hybridized carbons (Fsp3) is 0.667. The Morgan fingerprint density at radius 2 is 2.11 bits per heavy atom. The van der Waals surface area contributed by atoms with E-state index in [1.54, 1.807) is 6.20 Å². The molecule has 0 bridgehead atoms. The Labute approximate surface area is 111 Å². The number of hydrogen-bond donors (Lipinski definition) is 1. The number of aromatic nitrogens is 1. The lowest BCUT2D eigenvalue weighted by molar-refractivity contribution is 0.229. The average molecular weight is 250 g/mol. The summed E-state index contributed by atoms with van der Waals surface area (Å²) in [5, 5.41) is 3.53. The van der Waals surface area contributed by atoms with E-state index in [1.807, 2.05) is 19.9 Å². The molecule has 0 aromatic carbocycles. The molecule has 3 heteroatoms. The second-order valence-corrected chi connectivity index (χ2v) is 5.06. The summed E-state index contributed by atoms with van der Waals surface area (Å²) in [5.41, 5.74) is 1.13. The van der Waals surface area contributed by atoms with E-state index in [-0.39, 0.29) is 6.10 Å². The van der Waals surface area contributed by atoms with Crippen LogP contribution in [-0.4, -0.2) is 17.1 Å². The Kier molecular flexibility index (Phi) is 6.73. The van der Waals surface area contributed by atoms with Crippen molar-refractivity contribution in [3.05, 3.63) is 23.9 Å². The number of rotatable bonds is 8. The molecule has 0 saturated heterocycles. The van der Waals surface area contributed by atoms with E-state index in [1.165, 1.54) is 19.3 Å². The van der Waals surface area contributed by atoms with E-state index < -0.39 is 0 Å². The van der Waals surface area contributed by atoms with Crippen LogP contribution < -0.4 is 10.1 Å². The lowest BCUT2D eigenvalue weighted by atomic mass is 10.1. The maximum absolute atomic E-state index is 5.71. The van der Waals surface area contributed by atoms with Gasteiger partial charge in [-0.3, -0.25) is 0 Å². The molecule has 0 saturated carbocycles. The van der Waals surface area contributed by atoms with Crippen LogP contribution in [0.4, 0.5) is 0 Å². The van der Waals surface area contributed by atoms with E-state index in [4.69, 9.17) is 4.74 Å². The van der Waals surface area contributed by atoms with Crippen molar-refractivity contribution in [3.63, 3.8) is 0 Å². The Morgan fingerprint density at radius 3 is 2.78 bits per heavy atom.